The van der Waals surface area contributed by atoms with Crippen molar-refractivity contribution in [3.8, 4) is 5.75 Å². The molecular weight excluding hydrogens is 230 g/mol. The summed E-state index contributed by atoms with van der Waals surface area (Å²) in [5.41, 5.74) is 0. The van der Waals surface area contributed by atoms with Gasteiger partial charge in [0.25, 0.3) is 0 Å². The van der Waals surface area contributed by atoms with Crippen molar-refractivity contribution in [2.75, 3.05) is 31.3 Å². The lowest BCUT2D eigenvalue weighted by molar-refractivity contribution is 0.248. The Morgan fingerprint density at radius 2 is 2.50 bits per heavy atom. The number of carbonyl (C=O) groups is 1. The van der Waals surface area contributed by atoms with Gasteiger partial charge in [0, 0.05) is 26.4 Å². The molecule has 0 saturated carbocycles. The molecule has 7 nitrogen and oxygen atoms in total. The molecule has 2 amide bonds. The number of aromatic hydroxyl groups is 1. The van der Waals surface area contributed by atoms with E-state index in [9.17, 15) is 9.90 Å². The van der Waals surface area contributed by atoms with Crippen LogP contribution in [0.15, 0.2) is 6.20 Å². The van der Waals surface area contributed by atoms with E-state index in [1.807, 2.05) is 11.9 Å². The summed E-state index contributed by atoms with van der Waals surface area (Å²) in [4.78, 5) is 12.6. The van der Waals surface area contributed by atoms with E-state index in [0.29, 0.717) is 18.1 Å². The predicted molar refractivity (Wildman–Crippen MR) is 63.6 cm³/mol. The van der Waals surface area contributed by atoms with Crippen LogP contribution in [0.4, 0.5) is 10.6 Å². The van der Waals surface area contributed by atoms with Crippen LogP contribution in [0.25, 0.3) is 0 Å². The topological polar surface area (TPSA) is 93.3 Å². The number of anilines is 1. The highest BCUT2D eigenvalue weighted by molar-refractivity contribution is 7.97. The van der Waals surface area contributed by atoms with E-state index in [0.717, 1.165) is 0 Å². The number of hydrogen-bond acceptors (Lipinski definition) is 5. The minimum absolute atomic E-state index is 0.117. The molecule has 1 aromatic heterocycles. The van der Waals surface area contributed by atoms with Crippen molar-refractivity contribution < 1.29 is 9.90 Å². The molecule has 4 N–H and O–H groups in total. The highest BCUT2D eigenvalue weighted by Crippen LogP contribution is 2.21. The molecule has 0 fully saturated rings. The Hall–Kier alpha value is -1.57. The van der Waals surface area contributed by atoms with Gasteiger partial charge < -0.3 is 15.3 Å². The van der Waals surface area contributed by atoms with Crippen molar-refractivity contribution in [3.05, 3.63) is 6.20 Å². The third-order valence-electron chi connectivity index (χ3n) is 1.90. The molecule has 1 heterocycles. The van der Waals surface area contributed by atoms with Gasteiger partial charge in [-0.2, -0.15) is 5.10 Å². The lowest BCUT2D eigenvalue weighted by Gasteiger charge is -2.16. The Balaban J connectivity index is 2.23. The number of aromatic amines is 1. The van der Waals surface area contributed by atoms with Crippen LogP contribution in [0.5, 0.6) is 5.75 Å². The zero-order valence-corrected chi connectivity index (χ0v) is 9.97. The van der Waals surface area contributed by atoms with Crippen LogP contribution in [-0.2, 0) is 0 Å². The number of nitrogens with one attached hydrogen (secondary N) is 3. The second-order valence-corrected chi connectivity index (χ2v) is 3.96. The molecule has 0 aromatic carbocycles. The van der Waals surface area contributed by atoms with Crippen LogP contribution in [0.1, 0.15) is 0 Å². The Bertz CT molecular complexity index is 343. The van der Waals surface area contributed by atoms with Gasteiger partial charge in [-0.25, -0.2) is 4.79 Å². The first kappa shape index (κ1) is 12.5. The molecule has 0 aliphatic heterocycles. The van der Waals surface area contributed by atoms with E-state index in [-0.39, 0.29) is 11.8 Å². The summed E-state index contributed by atoms with van der Waals surface area (Å²) < 4.78 is 2.60. The van der Waals surface area contributed by atoms with E-state index >= 15 is 0 Å². The first-order chi connectivity index (χ1) is 7.65. The third-order valence-corrected chi connectivity index (χ3v) is 2.62. The molecule has 0 aliphatic carbocycles. The number of nitrogens with zero attached hydrogens (tertiary/aromatic N) is 2. The van der Waals surface area contributed by atoms with Gasteiger partial charge >= 0.3 is 6.03 Å². The van der Waals surface area contributed by atoms with Crippen molar-refractivity contribution >= 4 is 23.8 Å². The molecule has 90 valence electrons. The summed E-state index contributed by atoms with van der Waals surface area (Å²) in [6.45, 7) is 0.671. The Labute approximate surface area is 97.7 Å². The van der Waals surface area contributed by atoms with Crippen molar-refractivity contribution in [3.63, 3.8) is 0 Å². The van der Waals surface area contributed by atoms with E-state index in [4.69, 9.17) is 0 Å². The molecule has 1 rings (SSSR count). The van der Waals surface area contributed by atoms with Gasteiger partial charge in [0.1, 0.15) is 0 Å². The number of H-pyrrole nitrogens is 1. The summed E-state index contributed by atoms with van der Waals surface area (Å²) in [5, 5.41) is 18.2. The SMILES string of the molecule is CNC(=O)NSCCN(C)c1[nH]ncc1O. The van der Waals surface area contributed by atoms with Gasteiger partial charge in [0.05, 0.1) is 6.20 Å². The van der Waals surface area contributed by atoms with E-state index in [2.05, 4.69) is 20.2 Å². The summed E-state index contributed by atoms with van der Waals surface area (Å²) in [6, 6.07) is -0.225. The van der Waals surface area contributed by atoms with Crippen molar-refractivity contribution in [2.24, 2.45) is 0 Å². The number of carbonyl (C=O) groups excluding carboxylic acids is 1. The maximum absolute atomic E-state index is 10.8. The van der Waals surface area contributed by atoms with Crippen LogP contribution in [0.3, 0.4) is 0 Å². The average molecular weight is 245 g/mol. The van der Waals surface area contributed by atoms with E-state index in [1.165, 1.54) is 18.1 Å². The third kappa shape index (κ3) is 3.54. The molecule has 0 saturated heterocycles. The molecule has 16 heavy (non-hydrogen) atoms. The number of aromatic nitrogens is 2. The first-order valence-corrected chi connectivity index (χ1v) is 5.66. The maximum Gasteiger partial charge on any atom is 0.324 e. The van der Waals surface area contributed by atoms with Gasteiger partial charge in [-0.1, -0.05) is 0 Å². The fraction of sp³-hybridized carbons (Fsp3) is 0.500. The first-order valence-electron chi connectivity index (χ1n) is 4.68. The molecule has 0 aliphatic rings. The standard InChI is InChI=1S/C8H15N5O2S/c1-9-8(15)12-16-4-3-13(2)7-6(14)5-10-11-7/h5,14H,3-4H2,1-2H3,(H,10,11)(H2,9,12,15). The second-order valence-electron chi connectivity index (χ2n) is 3.06. The molecule has 0 bridgehead atoms. The quantitative estimate of drug-likeness (QED) is 0.437. The van der Waals surface area contributed by atoms with Gasteiger partial charge in [-0.15, -0.1) is 0 Å². The van der Waals surface area contributed by atoms with Crippen LogP contribution < -0.4 is 14.9 Å². The number of amides is 2. The largest absolute Gasteiger partial charge is 0.503 e. The van der Waals surface area contributed by atoms with E-state index in [1.54, 1.807) is 7.05 Å². The summed E-state index contributed by atoms with van der Waals surface area (Å²) in [5.74, 6) is 1.38. The lowest BCUT2D eigenvalue weighted by Crippen LogP contribution is -2.29. The van der Waals surface area contributed by atoms with Crippen LogP contribution >= 0.6 is 11.9 Å². The fourth-order valence-corrected chi connectivity index (χ4v) is 1.72. The average Bonchev–Trinajstić information content (AvgIpc) is 2.70. The number of urea groups is 1. The molecule has 0 unspecified atom stereocenters. The summed E-state index contributed by atoms with van der Waals surface area (Å²) in [7, 11) is 3.39. The molecule has 0 atom stereocenters. The van der Waals surface area contributed by atoms with Gasteiger partial charge in [-0.3, -0.25) is 9.82 Å². The van der Waals surface area contributed by atoms with Crippen LogP contribution in [0, 0.1) is 0 Å². The van der Waals surface area contributed by atoms with Crippen molar-refractivity contribution in [1.29, 1.82) is 0 Å². The zero-order chi connectivity index (χ0) is 12.0. The fourth-order valence-electron chi connectivity index (χ4n) is 1.02. The molecule has 0 spiro atoms. The smallest absolute Gasteiger partial charge is 0.324 e. The molecule has 8 heteroatoms. The monoisotopic (exact) mass is 245 g/mol. The summed E-state index contributed by atoms with van der Waals surface area (Å²) in [6.07, 6.45) is 1.35. The molecule has 0 radical (unpaired) electrons. The minimum Gasteiger partial charge on any atom is -0.503 e. The highest BCUT2D eigenvalue weighted by atomic mass is 32.2. The summed E-state index contributed by atoms with van der Waals surface area (Å²) >= 11 is 1.30. The normalized spacial score (nSPS) is 9.88. The maximum atomic E-state index is 10.8. The highest BCUT2D eigenvalue weighted by Gasteiger charge is 2.08. The Morgan fingerprint density at radius 3 is 3.06 bits per heavy atom. The van der Waals surface area contributed by atoms with Crippen molar-refractivity contribution in [2.45, 2.75) is 0 Å². The Morgan fingerprint density at radius 1 is 1.75 bits per heavy atom. The van der Waals surface area contributed by atoms with Gasteiger partial charge in [0.15, 0.2) is 11.6 Å². The number of rotatable bonds is 5. The van der Waals surface area contributed by atoms with Crippen molar-refractivity contribution in [1.82, 2.24) is 20.2 Å². The number of hydrogen-bond donors (Lipinski definition) is 4. The molecular formula is C8H15N5O2S. The van der Waals surface area contributed by atoms with Gasteiger partial charge in [0.2, 0.25) is 0 Å². The lowest BCUT2D eigenvalue weighted by atomic mass is 10.5. The van der Waals surface area contributed by atoms with Gasteiger partial charge in [-0.05, 0) is 11.9 Å². The van der Waals surface area contributed by atoms with Crippen LogP contribution in [0.2, 0.25) is 0 Å². The zero-order valence-electron chi connectivity index (χ0n) is 9.15. The second kappa shape index (κ2) is 6.11. The van der Waals surface area contributed by atoms with E-state index < -0.39 is 0 Å². The minimum atomic E-state index is -0.225. The molecule has 1 aromatic rings. The Kier molecular flexibility index (Phi) is 4.77. The predicted octanol–water partition coefficient (Wildman–Crippen LogP) is 0.129. The van der Waals surface area contributed by atoms with Crippen LogP contribution in [-0.4, -0.2) is 47.7 Å².